The van der Waals surface area contributed by atoms with E-state index in [1.807, 2.05) is 12.1 Å². The summed E-state index contributed by atoms with van der Waals surface area (Å²) in [6, 6.07) is 10.7. The van der Waals surface area contributed by atoms with Gasteiger partial charge in [0, 0.05) is 5.39 Å². The predicted octanol–water partition coefficient (Wildman–Crippen LogP) is 4.52. The van der Waals surface area contributed by atoms with Gasteiger partial charge < -0.3 is 9.73 Å². The molecule has 1 heterocycles. The lowest BCUT2D eigenvalue weighted by molar-refractivity contribution is 0.357. The summed E-state index contributed by atoms with van der Waals surface area (Å²) in [5, 5.41) is 4.83. The monoisotopic (exact) mass is 257 g/mol. The van der Waals surface area contributed by atoms with Crippen molar-refractivity contribution < 1.29 is 4.42 Å². The maximum Gasteiger partial charge on any atom is 0.134 e. The molecule has 3 atom stereocenters. The van der Waals surface area contributed by atoms with Gasteiger partial charge in [0.05, 0.1) is 6.04 Å². The van der Waals surface area contributed by atoms with Crippen LogP contribution < -0.4 is 5.32 Å². The third-order valence-electron chi connectivity index (χ3n) is 4.60. The minimum absolute atomic E-state index is 0.292. The first-order valence-electron chi connectivity index (χ1n) is 7.46. The van der Waals surface area contributed by atoms with Gasteiger partial charge in [0.2, 0.25) is 0 Å². The summed E-state index contributed by atoms with van der Waals surface area (Å²) in [5.41, 5.74) is 0.986. The van der Waals surface area contributed by atoms with Crippen LogP contribution in [0.25, 0.3) is 11.0 Å². The van der Waals surface area contributed by atoms with Crippen LogP contribution in [-0.2, 0) is 0 Å². The molecular weight excluding hydrogens is 234 g/mol. The van der Waals surface area contributed by atoms with Crippen LogP contribution in [0.1, 0.15) is 44.9 Å². The summed E-state index contributed by atoms with van der Waals surface area (Å²) in [6.45, 7) is 5.68. The molecule has 1 aromatic heterocycles. The van der Waals surface area contributed by atoms with Crippen molar-refractivity contribution >= 4 is 11.0 Å². The van der Waals surface area contributed by atoms with Crippen molar-refractivity contribution in [1.82, 2.24) is 5.32 Å². The molecule has 1 aliphatic carbocycles. The van der Waals surface area contributed by atoms with Gasteiger partial charge in [0.25, 0.3) is 0 Å². The second kappa shape index (κ2) is 5.38. The molecule has 1 fully saturated rings. The fourth-order valence-corrected chi connectivity index (χ4v) is 3.17. The summed E-state index contributed by atoms with van der Waals surface area (Å²) >= 11 is 0. The average Bonchev–Trinajstić information content (AvgIpc) is 3.01. The maximum absolute atomic E-state index is 5.91. The summed E-state index contributed by atoms with van der Waals surface area (Å²) in [6.07, 6.45) is 4.17. The van der Waals surface area contributed by atoms with Gasteiger partial charge in [-0.05, 0) is 43.9 Å². The quantitative estimate of drug-likeness (QED) is 0.871. The molecule has 3 unspecified atom stereocenters. The van der Waals surface area contributed by atoms with Crippen molar-refractivity contribution in [2.75, 3.05) is 6.54 Å². The van der Waals surface area contributed by atoms with E-state index in [2.05, 4.69) is 37.4 Å². The Bertz CT molecular complexity index is 512. The van der Waals surface area contributed by atoms with Crippen molar-refractivity contribution in [2.24, 2.45) is 11.8 Å². The number of nitrogens with one attached hydrogen (secondary N) is 1. The van der Waals surface area contributed by atoms with E-state index in [-0.39, 0.29) is 0 Å². The van der Waals surface area contributed by atoms with Crippen LogP contribution in [0.15, 0.2) is 34.7 Å². The van der Waals surface area contributed by atoms with Crippen LogP contribution in [0, 0.1) is 11.8 Å². The van der Waals surface area contributed by atoms with E-state index in [0.717, 1.165) is 29.7 Å². The first-order valence-corrected chi connectivity index (χ1v) is 7.46. The van der Waals surface area contributed by atoms with Gasteiger partial charge in [-0.1, -0.05) is 38.0 Å². The zero-order valence-corrected chi connectivity index (χ0v) is 11.9. The van der Waals surface area contributed by atoms with Gasteiger partial charge in [0.15, 0.2) is 0 Å². The second-order valence-electron chi connectivity index (χ2n) is 5.98. The van der Waals surface area contributed by atoms with Crippen LogP contribution in [-0.4, -0.2) is 6.54 Å². The Balaban J connectivity index is 1.64. The molecule has 1 aromatic carbocycles. The third-order valence-corrected chi connectivity index (χ3v) is 4.60. The number of rotatable bonds is 4. The second-order valence-corrected chi connectivity index (χ2v) is 5.98. The Hall–Kier alpha value is -1.28. The lowest BCUT2D eigenvalue weighted by Crippen LogP contribution is -2.26. The average molecular weight is 257 g/mol. The van der Waals surface area contributed by atoms with Crippen LogP contribution in [0.3, 0.4) is 0 Å². The number of furan rings is 1. The molecule has 0 spiro atoms. The standard InChI is InChI=1S/C17H23NO/c1-12-6-5-8-15(12)11-18-13(2)17-10-14-7-3-4-9-16(14)19-17/h3-4,7,9-10,12-13,15,18H,5-6,8,11H2,1-2H3. The Morgan fingerprint density at radius 1 is 1.32 bits per heavy atom. The fourth-order valence-electron chi connectivity index (χ4n) is 3.17. The molecule has 1 aliphatic rings. The molecule has 1 saturated carbocycles. The summed E-state index contributed by atoms with van der Waals surface area (Å²) < 4.78 is 5.91. The van der Waals surface area contributed by atoms with E-state index in [4.69, 9.17) is 4.42 Å². The molecule has 0 aliphatic heterocycles. The molecule has 19 heavy (non-hydrogen) atoms. The topological polar surface area (TPSA) is 25.2 Å². The van der Waals surface area contributed by atoms with Crippen molar-refractivity contribution in [1.29, 1.82) is 0 Å². The normalized spacial score (nSPS) is 24.9. The van der Waals surface area contributed by atoms with Crippen LogP contribution in [0.2, 0.25) is 0 Å². The van der Waals surface area contributed by atoms with E-state index in [0.29, 0.717) is 6.04 Å². The van der Waals surface area contributed by atoms with Crippen LogP contribution in [0.5, 0.6) is 0 Å². The highest BCUT2D eigenvalue weighted by Crippen LogP contribution is 2.31. The Labute approximate surface area is 115 Å². The number of hydrogen-bond donors (Lipinski definition) is 1. The van der Waals surface area contributed by atoms with E-state index in [1.165, 1.54) is 24.6 Å². The van der Waals surface area contributed by atoms with Crippen LogP contribution in [0.4, 0.5) is 0 Å². The number of fused-ring (bicyclic) bond motifs is 1. The highest BCUT2D eigenvalue weighted by atomic mass is 16.3. The lowest BCUT2D eigenvalue weighted by atomic mass is 9.98. The van der Waals surface area contributed by atoms with Gasteiger partial charge in [0.1, 0.15) is 11.3 Å². The largest absolute Gasteiger partial charge is 0.459 e. The first-order chi connectivity index (χ1) is 9.24. The molecule has 0 bridgehead atoms. The Kier molecular flexibility index (Phi) is 3.61. The molecule has 0 amide bonds. The lowest BCUT2D eigenvalue weighted by Gasteiger charge is -2.18. The fraction of sp³-hybridized carbons (Fsp3) is 0.529. The molecule has 102 valence electrons. The maximum atomic E-state index is 5.91. The first kappa shape index (κ1) is 12.7. The Morgan fingerprint density at radius 3 is 2.89 bits per heavy atom. The van der Waals surface area contributed by atoms with Gasteiger partial charge >= 0.3 is 0 Å². The summed E-state index contributed by atoms with van der Waals surface area (Å²) in [4.78, 5) is 0. The molecule has 0 radical (unpaired) electrons. The predicted molar refractivity (Wildman–Crippen MR) is 79.1 cm³/mol. The number of para-hydroxylation sites is 1. The summed E-state index contributed by atoms with van der Waals surface area (Å²) in [7, 11) is 0. The molecule has 2 nitrogen and oxygen atoms in total. The van der Waals surface area contributed by atoms with Gasteiger partial charge in [-0.15, -0.1) is 0 Å². The van der Waals surface area contributed by atoms with Gasteiger partial charge in [-0.2, -0.15) is 0 Å². The van der Waals surface area contributed by atoms with E-state index in [1.54, 1.807) is 0 Å². The van der Waals surface area contributed by atoms with E-state index in [9.17, 15) is 0 Å². The molecule has 0 saturated heterocycles. The van der Waals surface area contributed by atoms with E-state index < -0.39 is 0 Å². The van der Waals surface area contributed by atoms with Crippen LogP contribution >= 0.6 is 0 Å². The highest BCUT2D eigenvalue weighted by molar-refractivity contribution is 5.77. The minimum atomic E-state index is 0.292. The van der Waals surface area contributed by atoms with Crippen molar-refractivity contribution in [3.05, 3.63) is 36.1 Å². The molecule has 1 N–H and O–H groups in total. The van der Waals surface area contributed by atoms with Crippen molar-refractivity contribution in [3.8, 4) is 0 Å². The molecular formula is C17H23NO. The highest BCUT2D eigenvalue weighted by Gasteiger charge is 2.23. The smallest absolute Gasteiger partial charge is 0.134 e. The molecule has 2 heteroatoms. The van der Waals surface area contributed by atoms with Gasteiger partial charge in [-0.25, -0.2) is 0 Å². The zero-order chi connectivity index (χ0) is 13.2. The van der Waals surface area contributed by atoms with Gasteiger partial charge in [-0.3, -0.25) is 0 Å². The van der Waals surface area contributed by atoms with E-state index >= 15 is 0 Å². The SMILES string of the molecule is CC(NCC1CCCC1C)c1cc2ccccc2o1. The van der Waals surface area contributed by atoms with Crippen molar-refractivity contribution in [3.63, 3.8) is 0 Å². The minimum Gasteiger partial charge on any atom is -0.459 e. The Morgan fingerprint density at radius 2 is 2.16 bits per heavy atom. The zero-order valence-electron chi connectivity index (χ0n) is 11.9. The molecule has 3 rings (SSSR count). The summed E-state index contributed by atoms with van der Waals surface area (Å²) in [5.74, 6) is 2.76. The van der Waals surface area contributed by atoms with Crippen molar-refractivity contribution in [2.45, 2.75) is 39.2 Å². The number of hydrogen-bond acceptors (Lipinski definition) is 2. The number of benzene rings is 1. The molecule has 2 aromatic rings. The third kappa shape index (κ3) is 2.69.